The number of rotatable bonds is 15. The Bertz CT molecular complexity index is 2150. The summed E-state index contributed by atoms with van der Waals surface area (Å²) in [6.45, 7) is 18.8. The number of benzene rings is 1. The van der Waals surface area contributed by atoms with Crippen LogP contribution in [0.5, 0.6) is 0 Å². The van der Waals surface area contributed by atoms with Crippen molar-refractivity contribution in [2.75, 3.05) is 47.6 Å². The van der Waals surface area contributed by atoms with Gasteiger partial charge < -0.3 is 59.0 Å². The number of carbonyl (C=O) groups excluding carboxylic acids is 1. The van der Waals surface area contributed by atoms with Gasteiger partial charge in [-0.15, -0.1) is 5.10 Å². The number of aliphatic hydroxyl groups excluding tert-OH is 3. The maximum absolute atomic E-state index is 14.6. The molecule has 4 heterocycles. The van der Waals surface area contributed by atoms with Crippen LogP contribution >= 0.6 is 0 Å². The smallest absolute Gasteiger partial charge is 0.309 e. The number of hydrogen-bond donors (Lipinski definition) is 5. The fourth-order valence-corrected chi connectivity index (χ4v) is 12.3. The van der Waals surface area contributed by atoms with E-state index in [2.05, 4.69) is 10.3 Å². The van der Waals surface area contributed by atoms with Crippen LogP contribution < -0.4 is 0 Å². The molecular weight excluding hydrogens is 958 g/mol. The van der Waals surface area contributed by atoms with Crippen LogP contribution in [0.25, 0.3) is 0 Å². The van der Waals surface area contributed by atoms with E-state index >= 15 is 0 Å². The monoisotopic (exact) mass is 1040 g/mol. The number of hydrogen-bond acceptors (Lipinski definition) is 18. The number of carbonyl (C=O) groups is 1. The second kappa shape index (κ2) is 24.5. The zero-order valence-corrected chi connectivity index (χ0v) is 45.7. The molecule has 3 fully saturated rings. The van der Waals surface area contributed by atoms with Crippen LogP contribution in [0, 0.1) is 30.6 Å². The minimum atomic E-state index is -4.15. The van der Waals surface area contributed by atoms with Crippen LogP contribution in [0.2, 0.25) is 0 Å². The van der Waals surface area contributed by atoms with Crippen molar-refractivity contribution < 1.29 is 71.0 Å². The van der Waals surface area contributed by atoms with Gasteiger partial charge in [-0.25, -0.2) is 9.07 Å². The van der Waals surface area contributed by atoms with Gasteiger partial charge in [0.25, 0.3) is 10.1 Å². The van der Waals surface area contributed by atoms with Gasteiger partial charge in [0.2, 0.25) is 0 Å². The Kier molecular flexibility index (Phi) is 20.4. The number of ether oxygens (including phenoxy) is 5. The highest BCUT2D eigenvalue weighted by Crippen LogP contribution is 2.45. The summed E-state index contributed by atoms with van der Waals surface area (Å²) in [5.74, 6) is -3.36. The number of aromatic nitrogens is 3. The molecule has 1 aromatic heterocycles. The van der Waals surface area contributed by atoms with Crippen molar-refractivity contribution in [3.05, 3.63) is 41.7 Å². The Hall–Kier alpha value is -2.77. The maximum Gasteiger partial charge on any atom is 0.309 e. The summed E-state index contributed by atoms with van der Waals surface area (Å²) in [7, 11) is 1.02. The van der Waals surface area contributed by atoms with Gasteiger partial charge in [-0.05, 0) is 106 Å². The molecule has 0 saturated carbocycles. The molecule has 21 heteroatoms. The summed E-state index contributed by atoms with van der Waals surface area (Å²) >= 11 is 0. The largest absolute Gasteiger partial charge is 0.459 e. The lowest BCUT2D eigenvalue weighted by Gasteiger charge is -2.51. The highest BCUT2D eigenvalue weighted by Gasteiger charge is 2.55. The van der Waals surface area contributed by atoms with Crippen LogP contribution in [0.15, 0.2) is 35.4 Å². The second-order valence-electron chi connectivity index (χ2n) is 22.1. The standard InChI is InChI=1S/C51H86FN5O14S/c1-15-41-51(11,63)44(59)34(7)56(13)26-30(3)23-49(9,62)46(32(5)42(33(6)47(61)70-41)40-24-50(10,66-14)45(60)35(8)69-40)71-48-43(58)39(22-31(4)68-48)55(12)21-20-36-27-57(54-53-36)37(25-52)28-67-72(64,65)38-18-16-29(2)17-19-38/h16-19,27,30-35,37,39-46,48,58-60,62-63H,15,20-26,28H2,1-14H3/t30-,31-,32+,33-,34-,35+,37-,39+,40?,41-,42+,43-,44-,45+,46-,48+,49-,50-,51-/m1/s1. The topological polar surface area (TPSA) is 245 Å². The minimum absolute atomic E-state index is 0.0420. The van der Waals surface area contributed by atoms with Crippen molar-refractivity contribution in [1.82, 2.24) is 24.8 Å². The van der Waals surface area contributed by atoms with Gasteiger partial charge in [0.05, 0.1) is 58.7 Å². The average molecular weight is 1040 g/mol. The van der Waals surface area contributed by atoms with Crippen molar-refractivity contribution in [1.29, 1.82) is 0 Å². The van der Waals surface area contributed by atoms with Gasteiger partial charge in [0.15, 0.2) is 6.29 Å². The Labute approximate surface area is 426 Å². The summed E-state index contributed by atoms with van der Waals surface area (Å²) in [5.41, 5.74) is -3.20. The first-order valence-electron chi connectivity index (χ1n) is 25.6. The molecule has 0 spiro atoms. The number of likely N-dealkylation sites (N-methyl/N-ethyl adjacent to an activating group) is 2. The number of esters is 1. The fraction of sp³-hybridized carbons (Fsp3) is 0.824. The minimum Gasteiger partial charge on any atom is -0.459 e. The van der Waals surface area contributed by atoms with E-state index < -0.39 is 137 Å². The lowest BCUT2D eigenvalue weighted by Crippen LogP contribution is -2.62. The summed E-state index contributed by atoms with van der Waals surface area (Å²) in [4.78, 5) is 18.4. The van der Waals surface area contributed by atoms with Gasteiger partial charge in [0.1, 0.15) is 42.7 Å². The fourth-order valence-electron chi connectivity index (χ4n) is 11.4. The zero-order valence-electron chi connectivity index (χ0n) is 44.9. The number of methoxy groups -OCH3 is 1. The van der Waals surface area contributed by atoms with E-state index in [9.17, 15) is 43.1 Å². The van der Waals surface area contributed by atoms with Gasteiger partial charge in [-0.1, -0.05) is 50.6 Å². The molecule has 2 aromatic rings. The van der Waals surface area contributed by atoms with E-state index in [1.807, 2.05) is 51.6 Å². The molecule has 3 aliphatic heterocycles. The summed E-state index contributed by atoms with van der Waals surface area (Å²) in [6.07, 6.45) is -6.17. The lowest BCUT2D eigenvalue weighted by molar-refractivity contribution is -0.302. The molecular formula is C51H86FN5O14S. The summed E-state index contributed by atoms with van der Waals surface area (Å²) < 4.78 is 78.4. The predicted molar refractivity (Wildman–Crippen MR) is 265 cm³/mol. The van der Waals surface area contributed by atoms with Gasteiger partial charge in [-0.2, -0.15) is 8.42 Å². The van der Waals surface area contributed by atoms with Gasteiger partial charge >= 0.3 is 5.97 Å². The quantitative estimate of drug-likeness (QED) is 0.126. The molecule has 412 valence electrons. The highest BCUT2D eigenvalue weighted by molar-refractivity contribution is 7.86. The SMILES string of the molecule is CC[C@H]1OC(=O)[C@H](C)[C@@H](C2C[C@@](C)(OC)[C@@H](O)[C@H](C)O2)[C@H](C)[C@@H](O[C@@H]2O[C@H](C)C[C@H](N(C)CCc3cn([C@H](CF)COS(=O)(=O)c4ccc(C)cc4)nn3)[C@H]2O)[C@](C)(O)C[C@@H](C)CN(C)[C@H](C)[C@@H](O)[C@]1(C)O. The van der Waals surface area contributed by atoms with E-state index in [-0.39, 0.29) is 30.1 Å². The first kappa shape index (κ1) is 60.1. The van der Waals surface area contributed by atoms with Gasteiger partial charge in [-0.3, -0.25) is 8.98 Å². The van der Waals surface area contributed by atoms with Crippen LogP contribution in [0.4, 0.5) is 4.39 Å². The third-order valence-corrected chi connectivity index (χ3v) is 17.3. The molecule has 5 rings (SSSR count). The van der Waals surface area contributed by atoms with E-state index in [4.69, 9.17) is 27.9 Å². The number of nitrogens with zero attached hydrogens (tertiary/aromatic N) is 5. The molecule has 3 aliphatic rings. The molecule has 3 saturated heterocycles. The van der Waals surface area contributed by atoms with E-state index in [0.29, 0.717) is 31.6 Å². The van der Waals surface area contributed by atoms with Crippen molar-refractivity contribution in [2.24, 2.45) is 23.7 Å². The predicted octanol–water partition coefficient (Wildman–Crippen LogP) is 3.60. The Balaban J connectivity index is 1.43. The lowest BCUT2D eigenvalue weighted by atomic mass is 9.68. The number of aliphatic hydroxyl groups is 5. The van der Waals surface area contributed by atoms with Crippen molar-refractivity contribution in [3.8, 4) is 0 Å². The van der Waals surface area contributed by atoms with Crippen molar-refractivity contribution in [3.63, 3.8) is 0 Å². The van der Waals surface area contributed by atoms with Gasteiger partial charge in [0, 0.05) is 57.2 Å². The number of aryl methyl sites for hydroxylation is 1. The molecule has 0 amide bonds. The average Bonchev–Trinajstić information content (AvgIpc) is 3.79. The van der Waals surface area contributed by atoms with Crippen molar-refractivity contribution >= 4 is 16.1 Å². The molecule has 1 aromatic carbocycles. The number of alkyl halides is 1. The van der Waals surface area contributed by atoms with E-state index in [0.717, 1.165) is 5.56 Å². The molecule has 19 nitrogen and oxygen atoms in total. The molecule has 19 atom stereocenters. The number of cyclic esters (lactones) is 1. The maximum atomic E-state index is 14.6. The van der Waals surface area contributed by atoms with Crippen LogP contribution in [-0.4, -0.2) is 196 Å². The molecule has 1 unspecified atom stereocenters. The molecule has 0 radical (unpaired) electrons. The van der Waals surface area contributed by atoms with E-state index in [1.54, 1.807) is 59.9 Å². The zero-order chi connectivity index (χ0) is 53.8. The third kappa shape index (κ3) is 13.8. The Morgan fingerprint density at radius 1 is 1.00 bits per heavy atom. The Morgan fingerprint density at radius 3 is 2.26 bits per heavy atom. The first-order chi connectivity index (χ1) is 33.5. The van der Waals surface area contributed by atoms with Crippen molar-refractivity contribution in [2.45, 2.75) is 203 Å². The summed E-state index contributed by atoms with van der Waals surface area (Å²) in [6, 6.07) is 3.97. The first-order valence-corrected chi connectivity index (χ1v) is 27.0. The van der Waals surface area contributed by atoms with E-state index in [1.165, 1.54) is 30.8 Å². The third-order valence-electron chi connectivity index (χ3n) is 16.0. The van der Waals surface area contributed by atoms with Crippen LogP contribution in [0.1, 0.15) is 112 Å². The molecule has 0 bridgehead atoms. The highest BCUT2D eigenvalue weighted by atomic mass is 32.2. The van der Waals surface area contributed by atoms with Crippen LogP contribution in [-0.2, 0) is 49.2 Å². The molecule has 5 N–H and O–H groups in total. The summed E-state index contributed by atoms with van der Waals surface area (Å²) in [5, 5.41) is 68.3. The normalized spacial score (nSPS) is 39.8. The van der Waals surface area contributed by atoms with Crippen LogP contribution in [0.3, 0.4) is 0 Å². The Morgan fingerprint density at radius 2 is 1.65 bits per heavy atom. The molecule has 0 aliphatic carbocycles. The number of halogens is 1. The molecule has 72 heavy (non-hydrogen) atoms. The second-order valence-corrected chi connectivity index (χ2v) is 23.7.